The number of ketones is 2. The molecule has 9 N–H and O–H groups in total. The Morgan fingerprint density at radius 3 is 1.13 bits per heavy atom. The van der Waals surface area contributed by atoms with Gasteiger partial charge in [0.15, 0.2) is 0 Å². The summed E-state index contributed by atoms with van der Waals surface area (Å²) in [4.78, 5) is 96.9. The number of esters is 2. The number of nitro benzene ring substituents is 3. The molecule has 1 aliphatic rings. The van der Waals surface area contributed by atoms with Crippen molar-refractivity contribution in [3.05, 3.63) is 256 Å². The van der Waals surface area contributed by atoms with E-state index in [0.29, 0.717) is 38.1 Å². The van der Waals surface area contributed by atoms with Gasteiger partial charge in [0, 0.05) is 127 Å². The lowest BCUT2D eigenvalue weighted by Crippen LogP contribution is -2.41. The smallest absolute Gasteiger partial charge is 0.399 e. The average molecular weight is 1560 g/mol. The molecule has 0 bridgehead atoms. The van der Waals surface area contributed by atoms with Gasteiger partial charge in [0.05, 0.1) is 42.9 Å². The molecule has 4 aromatic heterocycles. The monoisotopic (exact) mass is 1550 g/mol. The van der Waals surface area contributed by atoms with Gasteiger partial charge in [0.1, 0.15) is 17.3 Å². The molecule has 556 valence electrons. The van der Waals surface area contributed by atoms with E-state index in [9.17, 15) is 49.5 Å². The van der Waals surface area contributed by atoms with Crippen molar-refractivity contribution in [3.63, 3.8) is 0 Å². The molecule has 0 unspecified atom stereocenters. The van der Waals surface area contributed by atoms with E-state index in [2.05, 4.69) is 56.5 Å². The third-order valence-corrected chi connectivity index (χ3v) is 14.8. The lowest BCUT2D eigenvalue weighted by molar-refractivity contribution is -0.742. The van der Waals surface area contributed by atoms with Gasteiger partial charge in [-0.3, -0.25) is 69.5 Å². The van der Waals surface area contributed by atoms with Crippen molar-refractivity contribution in [1.29, 1.82) is 0 Å². The van der Waals surface area contributed by atoms with Crippen LogP contribution in [0.4, 0.5) is 39.8 Å². The zero-order chi connectivity index (χ0) is 72.6. The van der Waals surface area contributed by atoms with E-state index >= 15 is 0 Å². The largest absolute Gasteiger partial charge is 0.494 e. The van der Waals surface area contributed by atoms with E-state index in [1.54, 1.807) is 116 Å². The van der Waals surface area contributed by atoms with Crippen LogP contribution in [0.5, 0.6) is 0 Å². The van der Waals surface area contributed by atoms with Gasteiger partial charge in [-0.15, -0.1) is 10.1 Å². The average Bonchev–Trinajstić information content (AvgIpc) is 1.61. The van der Waals surface area contributed by atoms with Gasteiger partial charge >= 0.3 is 19.1 Å². The van der Waals surface area contributed by atoms with Crippen LogP contribution in [-0.2, 0) is 46.1 Å². The van der Waals surface area contributed by atoms with Gasteiger partial charge in [0.2, 0.25) is 0 Å². The molecule has 10 rings (SSSR count). The number of ether oxygens (including phenoxy) is 1. The number of nitrogens with zero attached hydrogens (tertiary/aromatic N) is 8. The number of nitro groups is 3. The van der Waals surface area contributed by atoms with Crippen LogP contribution < -0.4 is 28.4 Å². The van der Waals surface area contributed by atoms with Gasteiger partial charge in [-0.1, -0.05) is 115 Å². The molecule has 0 radical (unpaired) electrons. The molecule has 9 aromatic rings. The molecule has 5 aromatic carbocycles. The number of carbonyl (C=O) groups is 4. The standard InChI is InChI=1S/C14H12N2O3.C11H16BNO2.C11H9N3O2.C11H11N3.C9H8BrNO3.C6H6BrN.C4H6O3.6CH4.HNO3.H2/c1-10(17)9-13-12(11-5-7-15-8-6-11)3-2-4-14(13)16(18)19;1-10(2)11(3,4)15-12(14-10)9-5-7-13-8-6-9;12-11-9(8-4-6-13-7-5-8)2-1-3-10(11)14(15)16;12-10-3-1-2-9(11(10)13)8-4-6-14-7-5-8;1-6(12)5-7-8(10)3-2-4-9(7)11(13)14;7-5-3-1-2-4-6(5)8;1-3(5)7-4(2)6;;;;;;;2-1(3)4;/h2-8H,9H2,1H3;5-8H,1-4H3;1-7H,12H2;1-7H,12-13H2;2-4H,5H2,1H3;1-4H,8H2;1-2H3;6*1H4;(H,2,3,4);1H. The molecular weight excluding hydrogens is 1460 g/mol. The van der Waals surface area contributed by atoms with E-state index in [-0.39, 0.29) is 111 Å². The minimum absolute atomic E-state index is 0. The van der Waals surface area contributed by atoms with Crippen LogP contribution in [0, 0.1) is 40.5 Å². The maximum Gasteiger partial charge on any atom is 0.494 e. The molecular formula is C72H95BBr2N12O16. The fourth-order valence-corrected chi connectivity index (χ4v) is 8.94. The molecule has 0 aliphatic carbocycles. The van der Waals surface area contributed by atoms with Crippen LogP contribution in [-0.4, -0.2) is 86.8 Å². The second-order valence-electron chi connectivity index (χ2n) is 21.0. The van der Waals surface area contributed by atoms with Crippen molar-refractivity contribution in [2.45, 2.75) is 124 Å². The van der Waals surface area contributed by atoms with E-state index in [0.717, 1.165) is 37.9 Å². The van der Waals surface area contributed by atoms with Gasteiger partial charge in [-0.25, -0.2) is 0 Å². The van der Waals surface area contributed by atoms with E-state index < -0.39 is 31.8 Å². The van der Waals surface area contributed by atoms with E-state index in [1.165, 1.54) is 45.9 Å². The highest BCUT2D eigenvalue weighted by molar-refractivity contribution is 9.11. The first kappa shape index (κ1) is 98.1. The minimum atomic E-state index is -1.50. The topological polar surface area (TPSA) is 444 Å². The van der Waals surface area contributed by atoms with Crippen LogP contribution in [0.2, 0.25) is 0 Å². The predicted octanol–water partition coefficient (Wildman–Crippen LogP) is 16.7. The highest BCUT2D eigenvalue weighted by Crippen LogP contribution is 2.37. The Labute approximate surface area is 620 Å². The Hall–Kier alpha value is -11.3. The first-order chi connectivity index (χ1) is 45.7. The Morgan fingerprint density at radius 1 is 0.456 bits per heavy atom. The molecule has 28 nitrogen and oxygen atoms in total. The van der Waals surface area contributed by atoms with E-state index in [4.69, 9.17) is 47.6 Å². The van der Waals surface area contributed by atoms with Gasteiger partial charge in [-0.2, -0.15) is 0 Å². The number of halogens is 2. The summed E-state index contributed by atoms with van der Waals surface area (Å²) >= 11 is 6.46. The summed E-state index contributed by atoms with van der Waals surface area (Å²) in [6.07, 6.45) is 13.6. The molecule has 0 atom stereocenters. The summed E-state index contributed by atoms with van der Waals surface area (Å²) in [5.74, 6) is -1.33. The van der Waals surface area contributed by atoms with Crippen molar-refractivity contribution < 1.29 is 59.7 Å². The van der Waals surface area contributed by atoms with Crippen molar-refractivity contribution in [2.24, 2.45) is 0 Å². The Kier molecular flexibility index (Phi) is 46.2. The van der Waals surface area contributed by atoms with Crippen LogP contribution in [0.1, 0.15) is 113 Å². The summed E-state index contributed by atoms with van der Waals surface area (Å²) in [6, 6.07) is 42.2. The molecule has 0 saturated carbocycles. The summed E-state index contributed by atoms with van der Waals surface area (Å²) in [6.45, 7) is 13.4. The van der Waals surface area contributed by atoms with Crippen molar-refractivity contribution in [2.75, 3.05) is 22.9 Å². The maximum absolute atomic E-state index is 11.3. The van der Waals surface area contributed by atoms with E-state index in [1.807, 2.05) is 88.4 Å². The SMILES string of the molecule is C.C.C.C.C.C.CC(=O)Cc1c(-c2ccncc2)cccc1[N+](=O)[O-].CC(=O)Cc1c(Br)cccc1[N+](=O)[O-].CC(=O)OC(C)=O.CC1(C)OB(c2ccncc2)OC1(C)C.Nc1c(-c2ccncc2)cccc1[N+](=O)[O-].Nc1cccc(-c2ccncc2)c1N.Nc1ccccc1Br.O=[N+]([O-])O.[HH]. The fraction of sp³-hybridized carbons (Fsp3) is 0.250. The fourth-order valence-electron chi connectivity index (χ4n) is 8.16. The number of aromatic nitrogens is 4. The number of anilines is 4. The van der Waals surface area contributed by atoms with Crippen molar-refractivity contribution in [1.82, 2.24) is 19.9 Å². The third kappa shape index (κ3) is 33.2. The summed E-state index contributed by atoms with van der Waals surface area (Å²) < 4.78 is 17.3. The van der Waals surface area contributed by atoms with Crippen LogP contribution in [0.25, 0.3) is 33.4 Å². The zero-order valence-corrected chi connectivity index (χ0v) is 56.9. The van der Waals surface area contributed by atoms with Gasteiger partial charge < -0.3 is 42.2 Å². The Bertz CT molecular complexity index is 4090. The van der Waals surface area contributed by atoms with Crippen LogP contribution in [0.15, 0.2) is 204 Å². The van der Waals surface area contributed by atoms with Gasteiger partial charge in [0.25, 0.3) is 22.1 Å². The van der Waals surface area contributed by atoms with Crippen LogP contribution >= 0.6 is 31.9 Å². The normalized spacial score (nSPS) is 11.0. The van der Waals surface area contributed by atoms with Crippen molar-refractivity contribution >= 4 is 108 Å². The molecule has 103 heavy (non-hydrogen) atoms. The lowest BCUT2D eigenvalue weighted by atomic mass is 9.80. The predicted molar refractivity (Wildman–Crippen MR) is 417 cm³/mol. The lowest BCUT2D eigenvalue weighted by Gasteiger charge is -2.32. The number of nitrogens with two attached hydrogens (primary N) is 4. The van der Waals surface area contributed by atoms with Gasteiger partial charge in [-0.05, 0) is 158 Å². The minimum Gasteiger partial charge on any atom is -0.399 e. The molecule has 0 amide bonds. The number of hydrogen-bond donors (Lipinski definition) is 5. The quantitative estimate of drug-likeness (QED) is 0.0200. The second-order valence-corrected chi connectivity index (χ2v) is 22.7. The molecule has 31 heteroatoms. The number of rotatable bonds is 11. The Balaban J connectivity index is -0.000000365. The number of benzene rings is 5. The summed E-state index contributed by atoms with van der Waals surface area (Å²) in [7, 11) is -0.280. The second kappa shape index (κ2) is 48.5. The first-order valence-electron chi connectivity index (χ1n) is 28.5. The highest BCUT2D eigenvalue weighted by atomic mass is 79.9. The number of para-hydroxylation sites is 3. The summed E-state index contributed by atoms with van der Waals surface area (Å²) in [5.41, 5.74) is 31.2. The number of pyridine rings is 4. The zero-order valence-electron chi connectivity index (χ0n) is 53.7. The Morgan fingerprint density at radius 2 is 0.767 bits per heavy atom. The van der Waals surface area contributed by atoms with Crippen LogP contribution in [0.3, 0.4) is 0 Å². The first-order valence-corrected chi connectivity index (χ1v) is 30.1. The third-order valence-electron chi connectivity index (χ3n) is 13.3. The summed E-state index contributed by atoms with van der Waals surface area (Å²) in [5, 5.41) is 46.1. The number of nitrogen functional groups attached to an aromatic ring is 4. The molecule has 1 fully saturated rings. The van der Waals surface area contributed by atoms with Crippen molar-refractivity contribution in [3.8, 4) is 33.4 Å². The molecule has 5 heterocycles. The highest BCUT2D eigenvalue weighted by Gasteiger charge is 2.51. The number of hydrogen-bond acceptors (Lipinski definition) is 23. The molecule has 1 aliphatic heterocycles. The number of Topliss-reactive ketones (excluding diaryl/α,β-unsaturated/α-hetero) is 2. The molecule has 0 spiro atoms. The molecule has 1 saturated heterocycles. The maximum atomic E-state index is 11.3. The number of carbonyl (C=O) groups excluding carboxylic acids is 4.